The molecule has 1 aliphatic heterocycles. The second kappa shape index (κ2) is 7.81. The highest BCUT2D eigenvalue weighted by atomic mass is 35.5. The molecule has 1 aliphatic rings. The van der Waals surface area contributed by atoms with Crippen LogP contribution in [0.2, 0.25) is 10.0 Å². The van der Waals surface area contributed by atoms with E-state index in [0.29, 0.717) is 35.2 Å². The van der Waals surface area contributed by atoms with Gasteiger partial charge < -0.3 is 15.2 Å². The van der Waals surface area contributed by atoms with E-state index in [1.54, 1.807) is 18.2 Å². The van der Waals surface area contributed by atoms with Crippen molar-refractivity contribution >= 4 is 35.1 Å². The molecule has 2 atom stereocenters. The maximum atomic E-state index is 12.1. The summed E-state index contributed by atoms with van der Waals surface area (Å²) >= 11 is 12.0. The molecule has 0 saturated carbocycles. The Balaban J connectivity index is 2.03. The first-order valence-corrected chi connectivity index (χ1v) is 7.77. The van der Waals surface area contributed by atoms with Gasteiger partial charge in [0.05, 0.1) is 13.0 Å². The number of hydrogen-bond acceptors (Lipinski definition) is 3. The number of carboxylic acid groups (broad SMARTS) is 1. The van der Waals surface area contributed by atoms with Crippen molar-refractivity contribution in [1.29, 1.82) is 0 Å². The Morgan fingerprint density at radius 1 is 1.36 bits per heavy atom. The van der Waals surface area contributed by atoms with Gasteiger partial charge in [0.1, 0.15) is 6.04 Å². The number of carbonyl (C=O) groups excluding carboxylic acids is 1. The Hall–Kier alpha value is -1.30. The van der Waals surface area contributed by atoms with Gasteiger partial charge in [-0.3, -0.25) is 4.79 Å². The molecule has 5 nitrogen and oxygen atoms in total. The molecule has 1 amide bonds. The lowest BCUT2D eigenvalue weighted by atomic mass is 9.93. The number of hydrogen-bond donors (Lipinski definition) is 2. The number of carboxylic acids is 1. The zero-order valence-corrected chi connectivity index (χ0v) is 13.4. The molecule has 0 spiro atoms. The average molecular weight is 346 g/mol. The zero-order chi connectivity index (χ0) is 16.1. The topological polar surface area (TPSA) is 75.6 Å². The summed E-state index contributed by atoms with van der Waals surface area (Å²) in [6.45, 7) is 0.968. The number of nitrogens with one attached hydrogen (secondary N) is 1. The summed E-state index contributed by atoms with van der Waals surface area (Å²) in [5.41, 5.74) is 0.493. The van der Waals surface area contributed by atoms with E-state index in [4.69, 9.17) is 27.9 Å². The van der Waals surface area contributed by atoms with Crippen molar-refractivity contribution in [2.75, 3.05) is 13.2 Å². The Labute approximate surface area is 138 Å². The minimum atomic E-state index is -1.06. The van der Waals surface area contributed by atoms with Crippen molar-refractivity contribution in [3.63, 3.8) is 0 Å². The molecular weight excluding hydrogens is 329 g/mol. The van der Waals surface area contributed by atoms with Crippen LogP contribution in [0.1, 0.15) is 18.4 Å². The first-order chi connectivity index (χ1) is 10.5. The Bertz CT molecular complexity index is 538. The molecule has 1 fully saturated rings. The molecular formula is C15H17Cl2NO4. The molecule has 2 N–H and O–H groups in total. The number of halogens is 2. The van der Waals surface area contributed by atoms with E-state index in [9.17, 15) is 14.7 Å². The first kappa shape index (κ1) is 17.1. The van der Waals surface area contributed by atoms with Gasteiger partial charge in [-0.05, 0) is 30.5 Å². The highest BCUT2D eigenvalue weighted by Crippen LogP contribution is 2.25. The molecule has 1 aromatic rings. The number of benzene rings is 1. The van der Waals surface area contributed by atoms with Crippen molar-refractivity contribution in [2.24, 2.45) is 5.92 Å². The lowest BCUT2D eigenvalue weighted by molar-refractivity contribution is -0.145. The second-order valence-corrected chi connectivity index (χ2v) is 6.05. The zero-order valence-electron chi connectivity index (χ0n) is 11.9. The van der Waals surface area contributed by atoms with Gasteiger partial charge in [0, 0.05) is 22.6 Å². The molecule has 1 saturated heterocycles. The minimum absolute atomic E-state index is 0.0597. The lowest BCUT2D eigenvalue weighted by Gasteiger charge is -2.28. The van der Waals surface area contributed by atoms with E-state index < -0.39 is 17.9 Å². The van der Waals surface area contributed by atoms with Gasteiger partial charge in [0.2, 0.25) is 5.91 Å². The maximum absolute atomic E-state index is 12.1. The quantitative estimate of drug-likeness (QED) is 0.859. The van der Waals surface area contributed by atoms with Crippen LogP contribution in [0, 0.1) is 5.92 Å². The molecule has 0 bridgehead atoms. The van der Waals surface area contributed by atoms with Crippen molar-refractivity contribution in [3.8, 4) is 0 Å². The van der Waals surface area contributed by atoms with Crippen LogP contribution in [0.3, 0.4) is 0 Å². The predicted molar refractivity (Wildman–Crippen MR) is 83.3 cm³/mol. The summed E-state index contributed by atoms with van der Waals surface area (Å²) in [5.74, 6) is -1.71. The van der Waals surface area contributed by atoms with Gasteiger partial charge in [-0.15, -0.1) is 0 Å². The van der Waals surface area contributed by atoms with E-state index in [2.05, 4.69) is 5.32 Å². The van der Waals surface area contributed by atoms with Gasteiger partial charge in [-0.25, -0.2) is 4.79 Å². The third kappa shape index (κ3) is 4.35. The van der Waals surface area contributed by atoms with E-state index in [0.717, 1.165) is 6.42 Å². The molecule has 1 heterocycles. The normalized spacial score (nSPS) is 19.5. The lowest BCUT2D eigenvalue weighted by Crippen LogP contribution is -2.48. The summed E-state index contributed by atoms with van der Waals surface area (Å²) in [6.07, 6.45) is 1.45. The smallest absolute Gasteiger partial charge is 0.326 e. The molecule has 0 radical (unpaired) electrons. The van der Waals surface area contributed by atoms with Crippen LogP contribution in [-0.2, 0) is 20.7 Å². The number of ether oxygens (including phenoxy) is 1. The summed E-state index contributed by atoms with van der Waals surface area (Å²) in [7, 11) is 0. The molecule has 0 aliphatic carbocycles. The molecule has 120 valence electrons. The van der Waals surface area contributed by atoms with Crippen LogP contribution in [0.4, 0.5) is 0 Å². The molecule has 2 rings (SSSR count). The summed E-state index contributed by atoms with van der Waals surface area (Å²) in [5, 5.41) is 12.7. The van der Waals surface area contributed by atoms with Crippen LogP contribution in [-0.4, -0.2) is 36.2 Å². The fourth-order valence-corrected chi connectivity index (χ4v) is 3.03. The van der Waals surface area contributed by atoms with Crippen molar-refractivity contribution in [3.05, 3.63) is 33.8 Å². The minimum Gasteiger partial charge on any atom is -0.480 e. The SMILES string of the molecule is O=C(Cc1c(Cl)cccc1Cl)NC(C(=O)O)C1CCCOC1. The fraction of sp³-hybridized carbons (Fsp3) is 0.467. The predicted octanol–water partition coefficient (Wildman–Crippen LogP) is 2.53. The van der Waals surface area contributed by atoms with E-state index in [1.807, 2.05) is 0 Å². The summed E-state index contributed by atoms with van der Waals surface area (Å²) in [6, 6.07) is 4.00. The Morgan fingerprint density at radius 3 is 2.59 bits per heavy atom. The van der Waals surface area contributed by atoms with E-state index in [1.165, 1.54) is 0 Å². The number of rotatable bonds is 5. The molecule has 1 aromatic carbocycles. The third-order valence-corrected chi connectivity index (χ3v) is 4.36. The number of amides is 1. The largest absolute Gasteiger partial charge is 0.480 e. The highest BCUT2D eigenvalue weighted by molar-refractivity contribution is 6.36. The van der Waals surface area contributed by atoms with Gasteiger partial charge in [0.15, 0.2) is 0 Å². The van der Waals surface area contributed by atoms with Crippen LogP contribution < -0.4 is 5.32 Å². The first-order valence-electron chi connectivity index (χ1n) is 7.02. The van der Waals surface area contributed by atoms with Crippen LogP contribution >= 0.6 is 23.2 Å². The molecule has 0 aromatic heterocycles. The maximum Gasteiger partial charge on any atom is 0.326 e. The van der Waals surface area contributed by atoms with Crippen LogP contribution in [0.5, 0.6) is 0 Å². The van der Waals surface area contributed by atoms with Crippen LogP contribution in [0.15, 0.2) is 18.2 Å². The molecule has 22 heavy (non-hydrogen) atoms. The van der Waals surface area contributed by atoms with Gasteiger partial charge >= 0.3 is 5.97 Å². The van der Waals surface area contributed by atoms with Gasteiger partial charge in [-0.2, -0.15) is 0 Å². The highest BCUT2D eigenvalue weighted by Gasteiger charge is 2.31. The third-order valence-electron chi connectivity index (χ3n) is 3.65. The monoisotopic (exact) mass is 345 g/mol. The van der Waals surface area contributed by atoms with Gasteiger partial charge in [0.25, 0.3) is 0 Å². The summed E-state index contributed by atoms with van der Waals surface area (Å²) in [4.78, 5) is 23.5. The van der Waals surface area contributed by atoms with Crippen LogP contribution in [0.25, 0.3) is 0 Å². The summed E-state index contributed by atoms with van der Waals surface area (Å²) < 4.78 is 5.29. The van der Waals surface area contributed by atoms with Crippen molar-refractivity contribution in [2.45, 2.75) is 25.3 Å². The van der Waals surface area contributed by atoms with Crippen molar-refractivity contribution in [1.82, 2.24) is 5.32 Å². The second-order valence-electron chi connectivity index (χ2n) is 5.24. The van der Waals surface area contributed by atoms with E-state index in [-0.39, 0.29) is 12.3 Å². The average Bonchev–Trinajstić information content (AvgIpc) is 2.49. The molecule has 7 heteroatoms. The molecule has 2 unspecified atom stereocenters. The Morgan fingerprint density at radius 2 is 2.05 bits per heavy atom. The Kier molecular flexibility index (Phi) is 6.06. The number of carbonyl (C=O) groups is 2. The fourth-order valence-electron chi connectivity index (χ4n) is 2.50. The van der Waals surface area contributed by atoms with Crippen molar-refractivity contribution < 1.29 is 19.4 Å². The van der Waals surface area contributed by atoms with E-state index >= 15 is 0 Å². The van der Waals surface area contributed by atoms with Gasteiger partial charge in [-0.1, -0.05) is 29.3 Å². The number of aliphatic carboxylic acids is 1. The standard InChI is InChI=1S/C15H17Cl2NO4/c16-11-4-1-5-12(17)10(11)7-13(19)18-14(15(20)21)9-3-2-6-22-8-9/h1,4-5,9,14H,2-3,6-8H2,(H,18,19)(H,20,21).